The van der Waals surface area contributed by atoms with Crippen LogP contribution in [0.5, 0.6) is 11.5 Å². The minimum atomic E-state index is -0.944. The van der Waals surface area contributed by atoms with Crippen LogP contribution in [-0.2, 0) is 16.0 Å². The lowest BCUT2D eigenvalue weighted by Gasteiger charge is -2.34. The molecule has 0 saturated carbocycles. The molecular formula is C24H19Cl2NO5. The highest BCUT2D eigenvalue weighted by atomic mass is 35.5. The van der Waals surface area contributed by atoms with Crippen molar-refractivity contribution in [3.05, 3.63) is 82.3 Å². The van der Waals surface area contributed by atoms with Crippen LogP contribution in [0, 0.1) is 0 Å². The average Bonchev–Trinajstić information content (AvgIpc) is 2.77. The van der Waals surface area contributed by atoms with E-state index in [2.05, 4.69) is 0 Å². The van der Waals surface area contributed by atoms with Gasteiger partial charge in [-0.2, -0.15) is 0 Å². The average molecular weight is 472 g/mol. The van der Waals surface area contributed by atoms with Gasteiger partial charge in [0.15, 0.2) is 6.10 Å². The van der Waals surface area contributed by atoms with Gasteiger partial charge in [0.2, 0.25) is 0 Å². The number of nitrogens with zero attached hydrogens (tertiary/aromatic N) is 1. The van der Waals surface area contributed by atoms with Crippen LogP contribution in [0.2, 0.25) is 10.0 Å². The Kier molecular flexibility index (Phi) is 6.53. The topological polar surface area (TPSA) is 76.1 Å². The van der Waals surface area contributed by atoms with Gasteiger partial charge in [0, 0.05) is 12.0 Å². The summed E-state index contributed by atoms with van der Waals surface area (Å²) in [6, 6.07) is 19.2. The SMILES string of the molecule is O=C(O)Cc1ccccc1OCCC1Oc2ccccc2N(c2ccc(Cl)c(Cl)c2)C1=O. The second-order valence-electron chi connectivity index (χ2n) is 7.16. The lowest BCUT2D eigenvalue weighted by atomic mass is 10.1. The van der Waals surface area contributed by atoms with Crippen LogP contribution in [0.15, 0.2) is 66.7 Å². The summed E-state index contributed by atoms with van der Waals surface area (Å²) in [5.74, 6) is -0.167. The third kappa shape index (κ3) is 4.66. The lowest BCUT2D eigenvalue weighted by Crippen LogP contribution is -2.44. The van der Waals surface area contributed by atoms with E-state index < -0.39 is 12.1 Å². The van der Waals surface area contributed by atoms with Crippen molar-refractivity contribution in [3.63, 3.8) is 0 Å². The fourth-order valence-corrected chi connectivity index (χ4v) is 3.80. The number of rotatable bonds is 7. The van der Waals surface area contributed by atoms with E-state index in [-0.39, 0.29) is 25.4 Å². The highest BCUT2D eigenvalue weighted by Gasteiger charge is 2.35. The largest absolute Gasteiger partial charge is 0.493 e. The molecule has 0 aliphatic carbocycles. The maximum absolute atomic E-state index is 13.3. The number of ether oxygens (including phenoxy) is 2. The van der Waals surface area contributed by atoms with E-state index in [0.717, 1.165) is 0 Å². The zero-order valence-electron chi connectivity index (χ0n) is 16.8. The van der Waals surface area contributed by atoms with Crippen molar-refractivity contribution >= 4 is 46.5 Å². The van der Waals surface area contributed by atoms with Crippen LogP contribution in [0.1, 0.15) is 12.0 Å². The Hall–Kier alpha value is -3.22. The van der Waals surface area contributed by atoms with Crippen molar-refractivity contribution < 1.29 is 24.2 Å². The molecule has 1 aliphatic heterocycles. The first-order valence-corrected chi connectivity index (χ1v) is 10.7. The number of carboxylic acids is 1. The molecule has 3 aromatic carbocycles. The van der Waals surface area contributed by atoms with Crippen LogP contribution < -0.4 is 14.4 Å². The minimum Gasteiger partial charge on any atom is -0.493 e. The molecule has 1 heterocycles. The number of aliphatic carboxylic acids is 1. The van der Waals surface area contributed by atoms with Gasteiger partial charge in [-0.15, -0.1) is 0 Å². The summed E-state index contributed by atoms with van der Waals surface area (Å²) in [6.45, 7) is 0.171. The molecule has 1 atom stereocenters. The predicted molar refractivity (Wildman–Crippen MR) is 122 cm³/mol. The Morgan fingerprint density at radius 2 is 1.78 bits per heavy atom. The van der Waals surface area contributed by atoms with Crippen molar-refractivity contribution in [1.29, 1.82) is 0 Å². The van der Waals surface area contributed by atoms with E-state index in [1.54, 1.807) is 59.5 Å². The number of benzene rings is 3. The van der Waals surface area contributed by atoms with Gasteiger partial charge in [-0.05, 0) is 36.4 Å². The third-order valence-electron chi connectivity index (χ3n) is 4.98. The number of carbonyl (C=O) groups excluding carboxylic acids is 1. The molecule has 1 N–H and O–H groups in total. The van der Waals surface area contributed by atoms with Crippen LogP contribution in [0.25, 0.3) is 0 Å². The number of halogens is 2. The second kappa shape index (κ2) is 9.51. The van der Waals surface area contributed by atoms with Gasteiger partial charge < -0.3 is 14.6 Å². The van der Waals surface area contributed by atoms with Crippen LogP contribution in [0.4, 0.5) is 11.4 Å². The van der Waals surface area contributed by atoms with Crippen LogP contribution in [-0.4, -0.2) is 29.7 Å². The molecule has 0 bridgehead atoms. The first kappa shape index (κ1) is 22.0. The zero-order valence-corrected chi connectivity index (χ0v) is 18.3. The first-order chi connectivity index (χ1) is 15.4. The van der Waals surface area contributed by atoms with E-state index in [4.69, 9.17) is 37.8 Å². The summed E-state index contributed by atoms with van der Waals surface area (Å²) in [4.78, 5) is 26.0. The number of para-hydroxylation sites is 3. The molecule has 32 heavy (non-hydrogen) atoms. The van der Waals surface area contributed by atoms with Crippen molar-refractivity contribution in [2.75, 3.05) is 11.5 Å². The molecule has 164 valence electrons. The summed E-state index contributed by atoms with van der Waals surface area (Å²) < 4.78 is 11.8. The lowest BCUT2D eigenvalue weighted by molar-refractivity contribution is -0.136. The van der Waals surface area contributed by atoms with E-state index in [1.165, 1.54) is 0 Å². The summed E-state index contributed by atoms with van der Waals surface area (Å²) in [5, 5.41) is 9.82. The number of hydrogen-bond acceptors (Lipinski definition) is 4. The highest BCUT2D eigenvalue weighted by molar-refractivity contribution is 6.42. The summed E-state index contributed by atoms with van der Waals surface area (Å²) >= 11 is 12.2. The monoisotopic (exact) mass is 471 g/mol. The normalized spacial score (nSPS) is 15.1. The molecule has 8 heteroatoms. The minimum absolute atomic E-state index is 0.145. The number of carboxylic acid groups (broad SMARTS) is 1. The third-order valence-corrected chi connectivity index (χ3v) is 5.72. The van der Waals surface area contributed by atoms with Gasteiger partial charge in [-0.3, -0.25) is 14.5 Å². The number of anilines is 2. The molecule has 0 fully saturated rings. The standard InChI is InChI=1S/C24H19Cl2NO5/c25-17-10-9-16(14-18(17)26)27-19-6-2-4-8-21(19)32-22(24(27)30)11-12-31-20-7-3-1-5-15(20)13-23(28)29/h1-10,14,22H,11-13H2,(H,28,29). The first-order valence-electron chi connectivity index (χ1n) is 9.91. The Morgan fingerprint density at radius 3 is 2.56 bits per heavy atom. The molecule has 6 nitrogen and oxygen atoms in total. The number of hydrogen-bond donors (Lipinski definition) is 1. The zero-order chi connectivity index (χ0) is 22.7. The summed E-state index contributed by atoms with van der Waals surface area (Å²) in [7, 11) is 0. The fraction of sp³-hybridized carbons (Fsp3) is 0.167. The number of fused-ring (bicyclic) bond motifs is 1. The van der Waals surface area contributed by atoms with Gasteiger partial charge in [-0.1, -0.05) is 53.5 Å². The van der Waals surface area contributed by atoms with Crippen molar-refractivity contribution in [3.8, 4) is 11.5 Å². The van der Waals surface area contributed by atoms with Crippen LogP contribution >= 0.6 is 23.2 Å². The summed E-state index contributed by atoms with van der Waals surface area (Å²) in [5.41, 5.74) is 1.76. The number of carbonyl (C=O) groups is 2. The number of amides is 1. The molecule has 1 unspecified atom stereocenters. The Labute approximate surface area is 194 Å². The molecule has 0 spiro atoms. The van der Waals surface area contributed by atoms with Crippen LogP contribution in [0.3, 0.4) is 0 Å². The molecule has 1 amide bonds. The van der Waals surface area contributed by atoms with E-state index in [0.29, 0.717) is 38.5 Å². The molecule has 0 aromatic heterocycles. The molecule has 0 radical (unpaired) electrons. The van der Waals surface area contributed by atoms with Gasteiger partial charge in [0.1, 0.15) is 11.5 Å². The van der Waals surface area contributed by atoms with Crippen molar-refractivity contribution in [2.45, 2.75) is 18.9 Å². The molecule has 0 saturated heterocycles. The highest BCUT2D eigenvalue weighted by Crippen LogP contribution is 2.40. The quantitative estimate of drug-likeness (QED) is 0.491. The van der Waals surface area contributed by atoms with Gasteiger partial charge in [-0.25, -0.2) is 0 Å². The predicted octanol–water partition coefficient (Wildman–Crippen LogP) is 5.52. The van der Waals surface area contributed by atoms with Gasteiger partial charge in [0.25, 0.3) is 5.91 Å². The van der Waals surface area contributed by atoms with Gasteiger partial charge >= 0.3 is 5.97 Å². The molecule has 3 aromatic rings. The Bertz CT molecular complexity index is 1170. The maximum atomic E-state index is 13.3. The Morgan fingerprint density at radius 1 is 1.03 bits per heavy atom. The maximum Gasteiger partial charge on any atom is 0.307 e. The van der Waals surface area contributed by atoms with Crippen molar-refractivity contribution in [2.24, 2.45) is 0 Å². The van der Waals surface area contributed by atoms with E-state index in [1.807, 2.05) is 12.1 Å². The molecular weight excluding hydrogens is 453 g/mol. The second-order valence-corrected chi connectivity index (χ2v) is 7.98. The van der Waals surface area contributed by atoms with Crippen molar-refractivity contribution in [1.82, 2.24) is 0 Å². The molecule has 4 rings (SSSR count). The fourth-order valence-electron chi connectivity index (χ4n) is 3.51. The van der Waals surface area contributed by atoms with Gasteiger partial charge in [0.05, 0.1) is 34.4 Å². The van der Waals surface area contributed by atoms with E-state index in [9.17, 15) is 9.59 Å². The Balaban J connectivity index is 1.54. The summed E-state index contributed by atoms with van der Waals surface area (Å²) in [6.07, 6.45) is -0.661. The smallest absolute Gasteiger partial charge is 0.307 e. The molecule has 1 aliphatic rings. The van der Waals surface area contributed by atoms with E-state index >= 15 is 0 Å².